The van der Waals surface area contributed by atoms with Gasteiger partial charge in [-0.3, -0.25) is 14.5 Å². The predicted octanol–water partition coefficient (Wildman–Crippen LogP) is 1.23. The fraction of sp³-hybridized carbons (Fsp3) is 0.235. The van der Waals surface area contributed by atoms with Crippen LogP contribution in [0.2, 0.25) is 0 Å². The maximum Gasteiger partial charge on any atom is 0.266 e. The molecule has 3 heterocycles. The molecule has 1 aromatic heterocycles. The Bertz CT molecular complexity index is 808. The molecule has 1 aromatic carbocycles. The zero-order chi connectivity index (χ0) is 16.5. The molecule has 2 aliphatic rings. The molecule has 0 unspecified atom stereocenters. The molecule has 122 valence electrons. The van der Waals surface area contributed by atoms with Crippen LogP contribution in [0.4, 0.5) is 11.5 Å². The standard InChI is InChI=1S/C17H15N3O4/c21-15(19-8-9-23-13-5-2-1-4-12(13)19)10-20-16(22)11-24-14-6-3-7-18-17(14)20/h1-7H,8-11H2. The van der Waals surface area contributed by atoms with E-state index in [0.29, 0.717) is 30.5 Å². The lowest BCUT2D eigenvalue weighted by molar-refractivity contribution is -0.124. The number of fused-ring (bicyclic) bond motifs is 2. The second-order valence-electron chi connectivity index (χ2n) is 5.46. The van der Waals surface area contributed by atoms with Crippen LogP contribution >= 0.6 is 0 Å². The van der Waals surface area contributed by atoms with Crippen molar-refractivity contribution in [1.82, 2.24) is 4.98 Å². The second-order valence-corrected chi connectivity index (χ2v) is 5.46. The van der Waals surface area contributed by atoms with Crippen LogP contribution < -0.4 is 19.3 Å². The third-order valence-corrected chi connectivity index (χ3v) is 3.98. The third kappa shape index (κ3) is 2.44. The van der Waals surface area contributed by atoms with E-state index in [-0.39, 0.29) is 25.0 Å². The molecule has 0 aliphatic carbocycles. The largest absolute Gasteiger partial charge is 0.490 e. The summed E-state index contributed by atoms with van der Waals surface area (Å²) in [6, 6.07) is 10.8. The van der Waals surface area contributed by atoms with Crippen LogP contribution in [0.25, 0.3) is 0 Å². The van der Waals surface area contributed by atoms with Gasteiger partial charge in [0.05, 0.1) is 12.2 Å². The van der Waals surface area contributed by atoms with Gasteiger partial charge in [-0.15, -0.1) is 0 Å². The van der Waals surface area contributed by atoms with E-state index in [9.17, 15) is 9.59 Å². The lowest BCUT2D eigenvalue weighted by Gasteiger charge is -2.32. The molecule has 0 radical (unpaired) electrons. The number of ether oxygens (including phenoxy) is 2. The summed E-state index contributed by atoms with van der Waals surface area (Å²) < 4.78 is 10.9. The highest BCUT2D eigenvalue weighted by atomic mass is 16.5. The summed E-state index contributed by atoms with van der Waals surface area (Å²) in [4.78, 5) is 32.2. The van der Waals surface area contributed by atoms with E-state index >= 15 is 0 Å². The normalized spacial score (nSPS) is 15.9. The number of hydrogen-bond donors (Lipinski definition) is 0. The Morgan fingerprint density at radius 1 is 1.12 bits per heavy atom. The van der Waals surface area contributed by atoms with Gasteiger partial charge in [0.25, 0.3) is 5.91 Å². The Labute approximate surface area is 138 Å². The zero-order valence-corrected chi connectivity index (χ0v) is 12.8. The van der Waals surface area contributed by atoms with E-state index in [1.54, 1.807) is 23.2 Å². The summed E-state index contributed by atoms with van der Waals surface area (Å²) >= 11 is 0. The van der Waals surface area contributed by atoms with Crippen LogP contribution in [0.15, 0.2) is 42.6 Å². The Hall–Kier alpha value is -3.09. The van der Waals surface area contributed by atoms with Gasteiger partial charge in [-0.25, -0.2) is 4.98 Å². The van der Waals surface area contributed by atoms with Crippen molar-refractivity contribution >= 4 is 23.3 Å². The van der Waals surface area contributed by atoms with Gasteiger partial charge >= 0.3 is 0 Å². The molecule has 2 aliphatic heterocycles. The lowest BCUT2D eigenvalue weighted by atomic mass is 10.2. The number of hydrogen-bond acceptors (Lipinski definition) is 5. The van der Waals surface area contributed by atoms with Crippen LogP contribution in [0.3, 0.4) is 0 Å². The number of pyridine rings is 1. The highest BCUT2D eigenvalue weighted by molar-refractivity contribution is 6.05. The number of amides is 2. The molecule has 0 atom stereocenters. The van der Waals surface area contributed by atoms with Crippen LogP contribution in [0.1, 0.15) is 0 Å². The Kier molecular flexibility index (Phi) is 3.53. The molecule has 7 nitrogen and oxygen atoms in total. The molecular weight excluding hydrogens is 310 g/mol. The van der Waals surface area contributed by atoms with Gasteiger partial charge < -0.3 is 14.4 Å². The van der Waals surface area contributed by atoms with Crippen molar-refractivity contribution in [3.63, 3.8) is 0 Å². The summed E-state index contributed by atoms with van der Waals surface area (Å²) in [5.41, 5.74) is 0.718. The van der Waals surface area contributed by atoms with E-state index in [0.717, 1.165) is 5.69 Å². The summed E-state index contributed by atoms with van der Waals surface area (Å²) in [6.45, 7) is 0.699. The molecule has 0 fully saturated rings. The van der Waals surface area contributed by atoms with Crippen LogP contribution in [0.5, 0.6) is 11.5 Å². The van der Waals surface area contributed by atoms with Gasteiger partial charge in [-0.2, -0.15) is 0 Å². The molecule has 4 rings (SSSR count). The van der Waals surface area contributed by atoms with Gasteiger partial charge in [0, 0.05) is 6.20 Å². The lowest BCUT2D eigenvalue weighted by Crippen LogP contribution is -2.48. The number of para-hydroxylation sites is 2. The van der Waals surface area contributed by atoms with Crippen molar-refractivity contribution in [2.24, 2.45) is 0 Å². The molecule has 0 saturated carbocycles. The second kappa shape index (κ2) is 5.84. The quantitative estimate of drug-likeness (QED) is 0.830. The Morgan fingerprint density at radius 2 is 1.96 bits per heavy atom. The van der Waals surface area contributed by atoms with Crippen molar-refractivity contribution in [1.29, 1.82) is 0 Å². The minimum atomic E-state index is -0.281. The fourth-order valence-corrected chi connectivity index (χ4v) is 2.85. The number of nitrogens with zero attached hydrogens (tertiary/aromatic N) is 3. The molecule has 24 heavy (non-hydrogen) atoms. The van der Waals surface area contributed by atoms with Crippen molar-refractivity contribution in [3.8, 4) is 11.5 Å². The molecule has 7 heteroatoms. The summed E-state index contributed by atoms with van der Waals surface area (Å²) in [5.74, 6) is 1.09. The highest BCUT2D eigenvalue weighted by Gasteiger charge is 2.31. The van der Waals surface area contributed by atoms with Crippen LogP contribution in [0, 0.1) is 0 Å². The molecule has 2 amide bonds. The topological polar surface area (TPSA) is 72.0 Å². The molecule has 0 N–H and O–H groups in total. The zero-order valence-electron chi connectivity index (χ0n) is 12.8. The Balaban J connectivity index is 1.60. The first kappa shape index (κ1) is 14.5. The SMILES string of the molecule is O=C(CN1C(=O)COc2cccnc21)N1CCOc2ccccc21. The van der Waals surface area contributed by atoms with E-state index in [2.05, 4.69) is 4.98 Å². The maximum absolute atomic E-state index is 12.8. The molecular formula is C17H15N3O4. The first-order chi connectivity index (χ1) is 11.7. The van der Waals surface area contributed by atoms with Crippen molar-refractivity contribution in [3.05, 3.63) is 42.6 Å². The van der Waals surface area contributed by atoms with Gasteiger partial charge in [0.15, 0.2) is 18.2 Å². The first-order valence-corrected chi connectivity index (χ1v) is 7.64. The van der Waals surface area contributed by atoms with E-state index in [4.69, 9.17) is 9.47 Å². The maximum atomic E-state index is 12.8. The molecule has 0 saturated heterocycles. The number of anilines is 2. The highest BCUT2D eigenvalue weighted by Crippen LogP contribution is 2.32. The predicted molar refractivity (Wildman–Crippen MR) is 86.4 cm³/mol. The number of rotatable bonds is 2. The monoisotopic (exact) mass is 325 g/mol. The number of aromatic nitrogens is 1. The average Bonchev–Trinajstić information content (AvgIpc) is 2.63. The summed E-state index contributed by atoms with van der Waals surface area (Å²) in [6.07, 6.45) is 1.57. The number of carbonyl (C=O) groups is 2. The van der Waals surface area contributed by atoms with Crippen LogP contribution in [-0.2, 0) is 9.59 Å². The summed E-state index contributed by atoms with van der Waals surface area (Å²) in [7, 11) is 0. The Morgan fingerprint density at radius 3 is 2.88 bits per heavy atom. The third-order valence-electron chi connectivity index (χ3n) is 3.98. The van der Waals surface area contributed by atoms with Gasteiger partial charge in [0.1, 0.15) is 18.9 Å². The molecule has 2 aromatic rings. The number of carbonyl (C=O) groups excluding carboxylic acids is 2. The minimum Gasteiger partial charge on any atom is -0.490 e. The molecule has 0 bridgehead atoms. The van der Waals surface area contributed by atoms with E-state index < -0.39 is 0 Å². The van der Waals surface area contributed by atoms with Crippen molar-refractivity contribution in [2.45, 2.75) is 0 Å². The van der Waals surface area contributed by atoms with Gasteiger partial charge in [-0.05, 0) is 24.3 Å². The van der Waals surface area contributed by atoms with Crippen molar-refractivity contribution in [2.75, 3.05) is 36.1 Å². The van der Waals surface area contributed by atoms with Gasteiger partial charge in [-0.1, -0.05) is 12.1 Å². The van der Waals surface area contributed by atoms with Crippen molar-refractivity contribution < 1.29 is 19.1 Å². The molecule has 0 spiro atoms. The summed E-state index contributed by atoms with van der Waals surface area (Å²) in [5, 5.41) is 0. The van der Waals surface area contributed by atoms with E-state index in [1.165, 1.54) is 4.90 Å². The van der Waals surface area contributed by atoms with E-state index in [1.807, 2.05) is 24.3 Å². The van der Waals surface area contributed by atoms with Crippen LogP contribution in [-0.4, -0.2) is 43.1 Å². The minimum absolute atomic E-state index is 0.0828. The fourth-order valence-electron chi connectivity index (χ4n) is 2.85. The first-order valence-electron chi connectivity index (χ1n) is 7.64. The average molecular weight is 325 g/mol. The van der Waals surface area contributed by atoms with Gasteiger partial charge in [0.2, 0.25) is 5.91 Å². The smallest absolute Gasteiger partial charge is 0.266 e. The number of benzene rings is 1.